The Bertz CT molecular complexity index is 967. The molecule has 2 aromatic carbocycles. The zero-order valence-electron chi connectivity index (χ0n) is 15.4. The van der Waals surface area contributed by atoms with Gasteiger partial charge in [0.05, 0.1) is 13.0 Å². The van der Waals surface area contributed by atoms with Crippen LogP contribution in [0.1, 0.15) is 29.4 Å². The van der Waals surface area contributed by atoms with Gasteiger partial charge < -0.3 is 14.2 Å². The lowest BCUT2D eigenvalue weighted by atomic mass is 10.1. The molecule has 0 bridgehead atoms. The molecule has 1 atom stereocenters. The number of aromatic nitrogens is 2. The van der Waals surface area contributed by atoms with Crippen molar-refractivity contribution in [2.75, 3.05) is 13.7 Å². The normalized spacial score (nSPS) is 16.7. The smallest absolute Gasteiger partial charge is 0.232 e. The summed E-state index contributed by atoms with van der Waals surface area (Å²) in [6, 6.07) is 15.6. The summed E-state index contributed by atoms with van der Waals surface area (Å²) in [6.07, 6.45) is 0.394. The van der Waals surface area contributed by atoms with Crippen LogP contribution in [0, 0.1) is 6.92 Å². The Balaban J connectivity index is 1.49. The van der Waals surface area contributed by atoms with E-state index >= 15 is 0 Å². The van der Waals surface area contributed by atoms with Gasteiger partial charge in [-0.15, -0.1) is 0 Å². The highest BCUT2D eigenvalue weighted by molar-refractivity contribution is 5.79. The molecule has 6 heteroatoms. The maximum absolute atomic E-state index is 12.5. The molecule has 0 aliphatic carbocycles. The molecule has 1 saturated heterocycles. The number of likely N-dealkylation sites (tertiary alicyclic amines) is 1. The van der Waals surface area contributed by atoms with Crippen molar-refractivity contribution in [2.24, 2.45) is 0 Å². The van der Waals surface area contributed by atoms with E-state index in [1.807, 2.05) is 41.3 Å². The van der Waals surface area contributed by atoms with Gasteiger partial charge >= 0.3 is 0 Å². The van der Waals surface area contributed by atoms with Crippen molar-refractivity contribution in [3.05, 3.63) is 65.5 Å². The van der Waals surface area contributed by atoms with E-state index in [0.717, 1.165) is 16.9 Å². The highest BCUT2D eigenvalue weighted by Crippen LogP contribution is 2.30. The number of methoxy groups -OCH3 is 1. The standard InChI is InChI=1S/C21H21N3O3/c1-14-6-3-4-7-16(14)12-24-13-17(11-19(24)25)21-22-20(23-27-21)15-8-5-9-18(10-15)26-2/h3-10,17H,11-13H2,1-2H3. The van der Waals surface area contributed by atoms with E-state index in [0.29, 0.717) is 31.2 Å². The Morgan fingerprint density at radius 1 is 1.22 bits per heavy atom. The average Bonchev–Trinajstić information content (AvgIpc) is 3.31. The first-order chi connectivity index (χ1) is 13.1. The van der Waals surface area contributed by atoms with E-state index < -0.39 is 0 Å². The molecule has 0 spiro atoms. The molecular weight excluding hydrogens is 342 g/mol. The quantitative estimate of drug-likeness (QED) is 0.693. The van der Waals surface area contributed by atoms with Crippen LogP contribution in [0.3, 0.4) is 0 Å². The van der Waals surface area contributed by atoms with Crippen LogP contribution < -0.4 is 4.74 Å². The third-order valence-corrected chi connectivity index (χ3v) is 4.96. The van der Waals surface area contributed by atoms with E-state index in [-0.39, 0.29) is 11.8 Å². The first kappa shape index (κ1) is 17.3. The van der Waals surface area contributed by atoms with Crippen LogP contribution in [0.5, 0.6) is 5.75 Å². The molecule has 138 valence electrons. The summed E-state index contributed by atoms with van der Waals surface area (Å²) in [7, 11) is 1.62. The molecule has 3 aromatic rings. The van der Waals surface area contributed by atoms with Crippen LogP contribution in [-0.2, 0) is 11.3 Å². The summed E-state index contributed by atoms with van der Waals surface area (Å²) in [6.45, 7) is 3.26. The number of carbonyl (C=O) groups is 1. The van der Waals surface area contributed by atoms with Gasteiger partial charge in [0.15, 0.2) is 0 Å². The number of hydrogen-bond acceptors (Lipinski definition) is 5. The van der Waals surface area contributed by atoms with Crippen LogP contribution in [0.25, 0.3) is 11.4 Å². The van der Waals surface area contributed by atoms with Crippen LogP contribution >= 0.6 is 0 Å². The van der Waals surface area contributed by atoms with Crippen molar-refractivity contribution < 1.29 is 14.1 Å². The van der Waals surface area contributed by atoms with Gasteiger partial charge in [0.2, 0.25) is 17.6 Å². The first-order valence-corrected chi connectivity index (χ1v) is 8.94. The Morgan fingerprint density at radius 2 is 2.07 bits per heavy atom. The van der Waals surface area contributed by atoms with E-state index in [1.54, 1.807) is 7.11 Å². The number of amides is 1. The van der Waals surface area contributed by atoms with Crippen LogP contribution in [-0.4, -0.2) is 34.6 Å². The van der Waals surface area contributed by atoms with E-state index in [2.05, 4.69) is 29.2 Å². The molecule has 6 nitrogen and oxygen atoms in total. The minimum Gasteiger partial charge on any atom is -0.497 e. The molecule has 1 aromatic heterocycles. The zero-order valence-corrected chi connectivity index (χ0v) is 15.4. The van der Waals surface area contributed by atoms with E-state index in [4.69, 9.17) is 9.26 Å². The molecule has 27 heavy (non-hydrogen) atoms. The van der Waals surface area contributed by atoms with Gasteiger partial charge in [0.25, 0.3) is 0 Å². The fraction of sp³-hybridized carbons (Fsp3) is 0.286. The highest BCUT2D eigenvalue weighted by atomic mass is 16.5. The van der Waals surface area contributed by atoms with Gasteiger partial charge in [-0.25, -0.2) is 0 Å². The van der Waals surface area contributed by atoms with Gasteiger partial charge in [-0.05, 0) is 30.2 Å². The molecule has 1 amide bonds. The number of carbonyl (C=O) groups excluding carboxylic acids is 1. The van der Waals surface area contributed by atoms with Crippen molar-refractivity contribution in [3.8, 4) is 17.1 Å². The summed E-state index contributed by atoms with van der Waals surface area (Å²) >= 11 is 0. The topological polar surface area (TPSA) is 68.5 Å². The number of ether oxygens (including phenoxy) is 1. The van der Waals surface area contributed by atoms with Gasteiger partial charge in [0.1, 0.15) is 5.75 Å². The fourth-order valence-electron chi connectivity index (χ4n) is 3.36. The second kappa shape index (κ2) is 7.23. The van der Waals surface area contributed by atoms with Crippen molar-refractivity contribution in [1.82, 2.24) is 15.0 Å². The molecule has 1 unspecified atom stereocenters. The number of hydrogen-bond donors (Lipinski definition) is 0. The number of nitrogens with zero attached hydrogens (tertiary/aromatic N) is 3. The Morgan fingerprint density at radius 3 is 2.89 bits per heavy atom. The summed E-state index contributed by atoms with van der Waals surface area (Å²) in [4.78, 5) is 18.8. The molecule has 1 aliphatic heterocycles. The van der Waals surface area contributed by atoms with Gasteiger partial charge in [-0.2, -0.15) is 4.98 Å². The average molecular weight is 363 g/mol. The summed E-state index contributed by atoms with van der Waals surface area (Å²) in [5.74, 6) is 1.79. The maximum atomic E-state index is 12.5. The maximum Gasteiger partial charge on any atom is 0.232 e. The van der Waals surface area contributed by atoms with Gasteiger partial charge in [0, 0.05) is 25.1 Å². The molecule has 4 rings (SSSR count). The molecule has 0 radical (unpaired) electrons. The number of aryl methyl sites for hydroxylation is 1. The van der Waals surface area contributed by atoms with Crippen molar-refractivity contribution in [2.45, 2.75) is 25.8 Å². The molecule has 0 saturated carbocycles. The molecule has 2 heterocycles. The number of rotatable bonds is 5. The van der Waals surface area contributed by atoms with Crippen LogP contribution in [0.15, 0.2) is 53.1 Å². The number of benzene rings is 2. The zero-order chi connectivity index (χ0) is 18.8. The van der Waals surface area contributed by atoms with Crippen LogP contribution in [0.4, 0.5) is 0 Å². The summed E-state index contributed by atoms with van der Waals surface area (Å²) in [5.41, 5.74) is 3.17. The van der Waals surface area contributed by atoms with E-state index in [1.165, 1.54) is 5.56 Å². The minimum absolute atomic E-state index is 0.0756. The van der Waals surface area contributed by atoms with Crippen LogP contribution in [0.2, 0.25) is 0 Å². The third-order valence-electron chi connectivity index (χ3n) is 4.96. The Labute approximate surface area is 157 Å². The van der Waals surface area contributed by atoms with E-state index in [9.17, 15) is 4.79 Å². The predicted molar refractivity (Wildman–Crippen MR) is 100 cm³/mol. The predicted octanol–water partition coefficient (Wildman–Crippen LogP) is 3.57. The molecule has 0 N–H and O–H groups in total. The van der Waals surface area contributed by atoms with Gasteiger partial charge in [-0.3, -0.25) is 4.79 Å². The van der Waals surface area contributed by atoms with Crippen molar-refractivity contribution >= 4 is 5.91 Å². The lowest BCUT2D eigenvalue weighted by Crippen LogP contribution is -2.24. The second-order valence-electron chi connectivity index (χ2n) is 6.79. The fourth-order valence-corrected chi connectivity index (χ4v) is 3.36. The van der Waals surface area contributed by atoms with Crippen molar-refractivity contribution in [3.63, 3.8) is 0 Å². The largest absolute Gasteiger partial charge is 0.497 e. The second-order valence-corrected chi connectivity index (χ2v) is 6.79. The third kappa shape index (κ3) is 3.56. The lowest BCUT2D eigenvalue weighted by Gasteiger charge is -2.17. The minimum atomic E-state index is -0.0756. The summed E-state index contributed by atoms with van der Waals surface area (Å²) in [5, 5.41) is 4.08. The SMILES string of the molecule is COc1cccc(-c2noc(C3CC(=O)N(Cc4ccccc4C)C3)n2)c1. The monoisotopic (exact) mass is 363 g/mol. The Kier molecular flexibility index (Phi) is 4.62. The first-order valence-electron chi connectivity index (χ1n) is 8.94. The molecule has 1 fully saturated rings. The van der Waals surface area contributed by atoms with Crippen molar-refractivity contribution in [1.29, 1.82) is 0 Å². The summed E-state index contributed by atoms with van der Waals surface area (Å²) < 4.78 is 10.7. The lowest BCUT2D eigenvalue weighted by molar-refractivity contribution is -0.128. The highest BCUT2D eigenvalue weighted by Gasteiger charge is 2.34. The van der Waals surface area contributed by atoms with Gasteiger partial charge in [-0.1, -0.05) is 41.6 Å². The molecular formula is C21H21N3O3. The Hall–Kier alpha value is -3.15. The molecule has 1 aliphatic rings.